The summed E-state index contributed by atoms with van der Waals surface area (Å²) in [6, 6.07) is 25.8. The van der Waals surface area contributed by atoms with Crippen LogP contribution in [-0.4, -0.2) is 50.1 Å². The first-order valence-corrected chi connectivity index (χ1v) is 17.1. The molecule has 0 atom stereocenters. The van der Waals surface area contributed by atoms with E-state index in [1.165, 1.54) is 36.4 Å². The van der Waals surface area contributed by atoms with Crippen molar-refractivity contribution in [2.75, 3.05) is 4.31 Å². The molecule has 1 fully saturated rings. The number of hydroxylamine groups is 2. The molecule has 3 amide bonds. The number of para-hydroxylation sites is 2. The maximum atomic E-state index is 14.7. The number of benzene rings is 4. The predicted molar refractivity (Wildman–Crippen MR) is 172 cm³/mol. The van der Waals surface area contributed by atoms with Crippen LogP contribution in [0.5, 0.6) is 0 Å². The molecule has 2 heterocycles. The molecule has 0 bridgehead atoms. The number of carbonyl (C=O) groups excluding carboxylic acids is 4. The highest BCUT2D eigenvalue weighted by atomic mass is 32.3. The molecule has 1 saturated heterocycles. The van der Waals surface area contributed by atoms with Gasteiger partial charge in [0.1, 0.15) is 7.05 Å². The van der Waals surface area contributed by atoms with Gasteiger partial charge in [-0.25, -0.2) is 21.6 Å². The smallest absolute Gasteiger partial charge is 0.363 e. The highest BCUT2D eigenvalue weighted by molar-refractivity contribution is 7.93. The van der Waals surface area contributed by atoms with Crippen LogP contribution in [0, 0.1) is 6.92 Å². The summed E-state index contributed by atoms with van der Waals surface area (Å²) in [6.45, 7) is 1.82. The van der Waals surface area contributed by atoms with E-state index in [4.69, 9.17) is 17.8 Å². The van der Waals surface area contributed by atoms with Crippen molar-refractivity contribution in [3.05, 3.63) is 114 Å². The fourth-order valence-corrected chi connectivity index (χ4v) is 6.67. The van der Waals surface area contributed by atoms with Crippen LogP contribution in [0.1, 0.15) is 39.1 Å². The molecule has 5 aromatic rings. The van der Waals surface area contributed by atoms with Gasteiger partial charge in [0.2, 0.25) is 11.0 Å². The number of aryl methyl sites for hydroxylation is 2. The first kappa shape index (κ1) is 34.7. The highest BCUT2D eigenvalue weighted by Gasteiger charge is 2.36. The molecular weight excluding hydrogens is 682 g/mol. The normalized spacial score (nSPS) is 13.3. The maximum absolute atomic E-state index is 14.7. The number of rotatable bonds is 6. The Labute approximate surface area is 279 Å². The summed E-state index contributed by atoms with van der Waals surface area (Å²) in [6.07, 6.45) is -0.111. The maximum Gasteiger partial charge on any atom is 0.363 e. The summed E-state index contributed by atoms with van der Waals surface area (Å²) < 4.78 is 66.5. The number of nitrogens with zero attached hydrogens (tertiary/aromatic N) is 3. The van der Waals surface area contributed by atoms with E-state index in [9.17, 15) is 31.5 Å². The third-order valence-corrected chi connectivity index (χ3v) is 9.27. The van der Waals surface area contributed by atoms with Gasteiger partial charge in [-0.1, -0.05) is 42.0 Å². The Morgan fingerprint density at radius 2 is 1.27 bits per heavy atom. The van der Waals surface area contributed by atoms with Crippen molar-refractivity contribution in [2.24, 2.45) is 7.05 Å². The Morgan fingerprint density at radius 1 is 0.796 bits per heavy atom. The van der Waals surface area contributed by atoms with Crippen molar-refractivity contribution < 1.29 is 53.9 Å². The first-order valence-electron chi connectivity index (χ1n) is 14.4. The largest absolute Gasteiger partial charge is 0.722 e. The molecule has 0 spiro atoms. The van der Waals surface area contributed by atoms with Crippen molar-refractivity contribution in [3.63, 3.8) is 0 Å². The van der Waals surface area contributed by atoms with Gasteiger partial charge in [0.05, 0.1) is 32.5 Å². The summed E-state index contributed by atoms with van der Waals surface area (Å²) in [7, 11) is -8.01. The monoisotopic (exact) mass is 707 g/mol. The number of sulfonamides is 1. The number of halogens is 1. The second-order valence-corrected chi connectivity index (χ2v) is 13.3. The molecule has 16 heteroatoms. The lowest BCUT2D eigenvalue weighted by Crippen LogP contribution is -2.39. The van der Waals surface area contributed by atoms with Gasteiger partial charge in [-0.3, -0.25) is 14.4 Å². The number of fused-ring (bicyclic) bond motifs is 2. The topological polar surface area (TPSA) is 179 Å². The fraction of sp³-hybridized carbons (Fsp3) is 0.121. The van der Waals surface area contributed by atoms with Gasteiger partial charge >= 0.3 is 5.97 Å². The number of anilines is 1. The zero-order valence-corrected chi connectivity index (χ0v) is 27.4. The van der Waals surface area contributed by atoms with Crippen LogP contribution in [0.25, 0.3) is 21.8 Å². The van der Waals surface area contributed by atoms with Gasteiger partial charge < -0.3 is 9.39 Å². The summed E-state index contributed by atoms with van der Waals surface area (Å²) in [5, 5.41) is 1.55. The van der Waals surface area contributed by atoms with Crippen LogP contribution in [-0.2, 0) is 42.0 Å². The molecule has 0 radical (unpaired) electrons. The second kappa shape index (κ2) is 13.5. The Balaban J connectivity index is 0.000000874. The van der Waals surface area contributed by atoms with Gasteiger partial charge in [-0.05, 0) is 55.5 Å². The Morgan fingerprint density at radius 3 is 1.76 bits per heavy atom. The Hall–Kier alpha value is -5.58. The van der Waals surface area contributed by atoms with E-state index in [2.05, 4.69) is 0 Å². The molecule has 0 unspecified atom stereocenters. The average molecular weight is 708 g/mol. The van der Waals surface area contributed by atoms with Gasteiger partial charge in [0.15, 0.2) is 0 Å². The molecular formula is C33H26FN3O10S2. The first-order chi connectivity index (χ1) is 23.1. The zero-order valence-electron chi connectivity index (χ0n) is 25.8. The van der Waals surface area contributed by atoms with Crippen LogP contribution in [0.4, 0.5) is 9.57 Å². The molecule has 1 aliphatic rings. The molecule has 0 saturated carbocycles. The quantitative estimate of drug-likeness (QED) is 0.0829. The molecule has 0 aliphatic carbocycles. The van der Waals surface area contributed by atoms with Crippen LogP contribution >= 0.6 is 0 Å². The molecule has 1 aromatic heterocycles. The summed E-state index contributed by atoms with van der Waals surface area (Å²) in [5.74, 6) is -3.03. The van der Waals surface area contributed by atoms with E-state index in [0.29, 0.717) is 15.8 Å². The van der Waals surface area contributed by atoms with Crippen LogP contribution in [0.15, 0.2) is 102 Å². The zero-order chi connectivity index (χ0) is 35.7. The van der Waals surface area contributed by atoms with E-state index >= 15 is 0 Å². The average Bonchev–Trinajstić information content (AvgIpc) is 3.37. The standard InChI is InChI=1S/C33H26N3O7S.FHO3S/c1-21-11-17-24(18-12-21)44(41,42)36(23-15-13-22(14-16-23)33(40)43-35-29(37)19-20-30(35)38)32(39)31-25-7-3-5-9-27(25)34(2)28-10-6-4-8-26(28)31;1-5(2,3)4/h3-18H,19-20H2,1-2H3;(H,2,3,4)/q+1;/p-1. The van der Waals surface area contributed by atoms with Crippen molar-refractivity contribution in [1.82, 2.24) is 5.06 Å². The second-order valence-electron chi connectivity index (χ2n) is 10.8. The number of pyridine rings is 1. The molecule has 252 valence electrons. The van der Waals surface area contributed by atoms with Crippen molar-refractivity contribution >= 4 is 71.7 Å². The number of aromatic nitrogens is 1. The van der Waals surface area contributed by atoms with E-state index in [1.54, 1.807) is 36.4 Å². The minimum absolute atomic E-state index is 0.0261. The lowest BCUT2D eigenvalue weighted by Gasteiger charge is -2.24. The minimum Gasteiger partial charge on any atom is -0.722 e. The number of imide groups is 1. The predicted octanol–water partition coefficient (Wildman–Crippen LogP) is 3.80. The molecule has 6 rings (SSSR count). The van der Waals surface area contributed by atoms with E-state index in [1.807, 2.05) is 42.8 Å². The van der Waals surface area contributed by atoms with E-state index in [-0.39, 0.29) is 34.6 Å². The number of hydrogen-bond donors (Lipinski definition) is 0. The number of amides is 3. The Bertz CT molecular complexity index is 2280. The van der Waals surface area contributed by atoms with Crippen molar-refractivity contribution in [1.29, 1.82) is 0 Å². The summed E-state index contributed by atoms with van der Waals surface area (Å²) in [5.41, 5.74) is 2.41. The molecule has 49 heavy (non-hydrogen) atoms. The Kier molecular flexibility index (Phi) is 9.57. The molecule has 13 nitrogen and oxygen atoms in total. The van der Waals surface area contributed by atoms with Crippen LogP contribution in [0.3, 0.4) is 0 Å². The fourth-order valence-electron chi connectivity index (χ4n) is 5.27. The third-order valence-electron chi connectivity index (χ3n) is 7.54. The summed E-state index contributed by atoms with van der Waals surface area (Å²) >= 11 is 0. The lowest BCUT2D eigenvalue weighted by molar-refractivity contribution is -0.617. The summed E-state index contributed by atoms with van der Waals surface area (Å²) in [4.78, 5) is 56.1. The third kappa shape index (κ3) is 7.30. The molecule has 4 aromatic carbocycles. The number of hydrogen-bond acceptors (Lipinski definition) is 10. The van der Waals surface area contributed by atoms with Gasteiger partial charge in [0, 0.05) is 25.0 Å². The van der Waals surface area contributed by atoms with Gasteiger partial charge in [-0.2, -0.15) is 8.87 Å². The van der Waals surface area contributed by atoms with Crippen LogP contribution in [0.2, 0.25) is 0 Å². The van der Waals surface area contributed by atoms with Crippen LogP contribution < -0.4 is 8.87 Å². The molecule has 0 N–H and O–H groups in total. The van der Waals surface area contributed by atoms with E-state index < -0.39 is 44.2 Å². The minimum atomic E-state index is -5.42. The van der Waals surface area contributed by atoms with Crippen molar-refractivity contribution in [3.8, 4) is 0 Å². The van der Waals surface area contributed by atoms with E-state index in [0.717, 1.165) is 20.9 Å². The lowest BCUT2D eigenvalue weighted by atomic mass is 10.0. The van der Waals surface area contributed by atoms with Gasteiger partial charge in [-0.15, -0.1) is 8.95 Å². The van der Waals surface area contributed by atoms with Gasteiger partial charge in [0.25, 0.3) is 38.2 Å². The molecule has 1 aliphatic heterocycles. The number of carbonyl (C=O) groups is 4. The highest BCUT2D eigenvalue weighted by Crippen LogP contribution is 2.32. The SMILES string of the molecule is Cc1ccc(S(=O)(=O)N(C(=O)c2c3ccccc3[n+](C)c3ccccc23)c2ccc(C(=O)ON3C(=O)CCC3=O)cc2)cc1.O=S(=O)([O-])F. The van der Waals surface area contributed by atoms with Crippen molar-refractivity contribution in [2.45, 2.75) is 24.7 Å².